The molecular formula is C25H35NO2. The Labute approximate surface area is 170 Å². The Morgan fingerprint density at radius 2 is 1.64 bits per heavy atom. The molecule has 2 aromatic carbocycles. The van der Waals surface area contributed by atoms with Crippen LogP contribution in [0.2, 0.25) is 0 Å². The van der Waals surface area contributed by atoms with E-state index in [9.17, 15) is 5.11 Å². The molecule has 2 atom stereocenters. The van der Waals surface area contributed by atoms with Crippen LogP contribution in [0.4, 0.5) is 0 Å². The zero-order valence-electron chi connectivity index (χ0n) is 17.6. The smallest absolute Gasteiger partial charge is 0.119 e. The first-order valence-corrected chi connectivity index (χ1v) is 10.8. The highest BCUT2D eigenvalue weighted by Crippen LogP contribution is 2.43. The van der Waals surface area contributed by atoms with Crippen molar-refractivity contribution in [3.05, 3.63) is 65.7 Å². The van der Waals surface area contributed by atoms with Gasteiger partial charge in [0.05, 0.1) is 12.2 Å². The number of hydrogen-bond donors (Lipinski definition) is 1. The molecule has 1 fully saturated rings. The van der Waals surface area contributed by atoms with Crippen molar-refractivity contribution in [2.75, 3.05) is 26.2 Å². The van der Waals surface area contributed by atoms with Gasteiger partial charge in [-0.15, -0.1) is 0 Å². The number of nitrogens with zero attached hydrogens (tertiary/aromatic N) is 1. The number of rotatable bonds is 9. The average molecular weight is 382 g/mol. The number of ether oxygens (including phenoxy) is 1. The zero-order chi connectivity index (χ0) is 20.0. The predicted molar refractivity (Wildman–Crippen MR) is 116 cm³/mol. The summed E-state index contributed by atoms with van der Waals surface area (Å²) in [6.07, 6.45) is 3.24. The topological polar surface area (TPSA) is 32.7 Å². The molecule has 0 bridgehead atoms. The van der Waals surface area contributed by atoms with E-state index in [-0.39, 0.29) is 5.92 Å². The maximum Gasteiger partial charge on any atom is 0.119 e. The lowest BCUT2D eigenvalue weighted by atomic mass is 9.72. The largest absolute Gasteiger partial charge is 0.494 e. The van der Waals surface area contributed by atoms with Crippen LogP contribution in [0.3, 0.4) is 0 Å². The number of hydrogen-bond acceptors (Lipinski definition) is 3. The molecule has 0 spiro atoms. The zero-order valence-corrected chi connectivity index (χ0v) is 17.6. The van der Waals surface area contributed by atoms with Crippen molar-refractivity contribution in [1.29, 1.82) is 0 Å². The second-order valence-corrected chi connectivity index (χ2v) is 8.45. The van der Waals surface area contributed by atoms with Gasteiger partial charge in [-0.05, 0) is 68.5 Å². The van der Waals surface area contributed by atoms with Gasteiger partial charge in [0.1, 0.15) is 5.75 Å². The molecule has 0 unspecified atom stereocenters. The molecule has 3 rings (SSSR count). The molecule has 0 aliphatic carbocycles. The van der Waals surface area contributed by atoms with E-state index in [1.165, 1.54) is 18.4 Å². The van der Waals surface area contributed by atoms with Crippen LogP contribution in [-0.2, 0) is 5.60 Å². The predicted octanol–water partition coefficient (Wildman–Crippen LogP) is 5.20. The Hall–Kier alpha value is -1.84. The second-order valence-electron chi connectivity index (χ2n) is 8.45. The fourth-order valence-electron chi connectivity index (χ4n) is 4.53. The molecule has 0 amide bonds. The number of likely N-dealkylation sites (tertiary alicyclic amines) is 1. The van der Waals surface area contributed by atoms with Crippen molar-refractivity contribution in [1.82, 2.24) is 4.90 Å². The number of benzene rings is 2. The van der Waals surface area contributed by atoms with E-state index in [0.717, 1.165) is 37.4 Å². The summed E-state index contributed by atoms with van der Waals surface area (Å²) in [7, 11) is 0. The van der Waals surface area contributed by atoms with Gasteiger partial charge in [0.25, 0.3) is 0 Å². The highest BCUT2D eigenvalue weighted by atomic mass is 16.5. The molecule has 3 nitrogen and oxygen atoms in total. The summed E-state index contributed by atoms with van der Waals surface area (Å²) in [6.45, 7) is 10.2. The van der Waals surface area contributed by atoms with Crippen molar-refractivity contribution >= 4 is 0 Å². The van der Waals surface area contributed by atoms with Crippen molar-refractivity contribution in [3.8, 4) is 5.75 Å². The molecule has 0 radical (unpaired) electrons. The molecule has 3 heteroatoms. The van der Waals surface area contributed by atoms with Gasteiger partial charge in [-0.25, -0.2) is 0 Å². The minimum absolute atomic E-state index is 0.0344. The molecular weight excluding hydrogens is 346 g/mol. The van der Waals surface area contributed by atoms with Crippen LogP contribution >= 0.6 is 0 Å². The summed E-state index contributed by atoms with van der Waals surface area (Å²) in [6, 6.07) is 18.6. The summed E-state index contributed by atoms with van der Waals surface area (Å²) in [5.41, 5.74) is 1.28. The van der Waals surface area contributed by atoms with Gasteiger partial charge >= 0.3 is 0 Å². The van der Waals surface area contributed by atoms with Gasteiger partial charge < -0.3 is 14.7 Å². The summed E-state index contributed by atoms with van der Waals surface area (Å²) < 4.78 is 5.62. The van der Waals surface area contributed by atoms with E-state index < -0.39 is 5.60 Å². The van der Waals surface area contributed by atoms with Gasteiger partial charge in [0.15, 0.2) is 0 Å². The van der Waals surface area contributed by atoms with Crippen LogP contribution in [0, 0.1) is 5.92 Å². The van der Waals surface area contributed by atoms with Crippen LogP contribution in [0.15, 0.2) is 54.6 Å². The molecule has 2 aromatic rings. The second kappa shape index (κ2) is 9.58. The third kappa shape index (κ3) is 4.95. The highest BCUT2D eigenvalue weighted by Gasteiger charge is 2.41. The van der Waals surface area contributed by atoms with Gasteiger partial charge in [-0.1, -0.05) is 56.3 Å². The lowest BCUT2D eigenvalue weighted by Gasteiger charge is -2.40. The third-order valence-corrected chi connectivity index (χ3v) is 5.80. The molecule has 1 heterocycles. The standard InChI is InChI=1S/C25H35NO2/c1-4-28-23-14-12-22(13-15-23)25(27,18-20(2)3)24(19-26-16-8-9-17-26)21-10-6-5-7-11-21/h5-7,10-15,20,24,27H,4,8-9,16-19H2,1-3H3/t24-,25+/m1/s1. The molecule has 0 saturated carbocycles. The minimum atomic E-state index is -0.914. The maximum absolute atomic E-state index is 12.2. The maximum atomic E-state index is 12.2. The van der Waals surface area contributed by atoms with E-state index in [1.807, 2.05) is 31.2 Å². The van der Waals surface area contributed by atoms with E-state index in [0.29, 0.717) is 12.5 Å². The van der Waals surface area contributed by atoms with Crippen molar-refractivity contribution in [2.24, 2.45) is 5.92 Å². The first kappa shape index (κ1) is 20.9. The fraction of sp³-hybridized carbons (Fsp3) is 0.520. The summed E-state index contributed by atoms with van der Waals surface area (Å²) >= 11 is 0. The first-order valence-electron chi connectivity index (χ1n) is 10.8. The van der Waals surface area contributed by atoms with Crippen LogP contribution in [0.25, 0.3) is 0 Å². The first-order chi connectivity index (χ1) is 13.5. The fourth-order valence-corrected chi connectivity index (χ4v) is 4.53. The van der Waals surface area contributed by atoms with Crippen LogP contribution in [-0.4, -0.2) is 36.2 Å². The highest BCUT2D eigenvalue weighted by molar-refractivity contribution is 5.35. The van der Waals surface area contributed by atoms with Crippen molar-refractivity contribution in [2.45, 2.75) is 51.6 Å². The van der Waals surface area contributed by atoms with E-state index in [2.05, 4.69) is 49.1 Å². The molecule has 0 aromatic heterocycles. The average Bonchev–Trinajstić information content (AvgIpc) is 3.20. The Morgan fingerprint density at radius 1 is 1.00 bits per heavy atom. The van der Waals surface area contributed by atoms with Crippen LogP contribution in [0.1, 0.15) is 57.1 Å². The Balaban J connectivity index is 2.00. The number of aliphatic hydroxyl groups is 1. The van der Waals surface area contributed by atoms with Crippen molar-refractivity contribution in [3.63, 3.8) is 0 Å². The van der Waals surface area contributed by atoms with Gasteiger partial charge in [0, 0.05) is 12.5 Å². The SMILES string of the molecule is CCOc1ccc([C@@](O)(CC(C)C)[C@H](CN2CCCC2)c2ccccc2)cc1. The normalized spacial score (nSPS) is 18.2. The monoisotopic (exact) mass is 381 g/mol. The quantitative estimate of drug-likeness (QED) is 0.648. The molecule has 1 aliphatic rings. The lowest BCUT2D eigenvalue weighted by molar-refractivity contribution is -0.0214. The summed E-state index contributed by atoms with van der Waals surface area (Å²) in [4.78, 5) is 2.51. The Bertz CT molecular complexity index is 707. The van der Waals surface area contributed by atoms with Crippen LogP contribution in [0.5, 0.6) is 5.75 Å². The summed E-state index contributed by atoms with van der Waals surface area (Å²) in [5, 5.41) is 12.2. The molecule has 1 N–H and O–H groups in total. The molecule has 152 valence electrons. The molecule has 1 saturated heterocycles. The van der Waals surface area contributed by atoms with E-state index in [1.54, 1.807) is 0 Å². The van der Waals surface area contributed by atoms with Gasteiger partial charge in [-0.2, -0.15) is 0 Å². The van der Waals surface area contributed by atoms with E-state index in [4.69, 9.17) is 4.74 Å². The molecule has 28 heavy (non-hydrogen) atoms. The van der Waals surface area contributed by atoms with Gasteiger partial charge in [-0.3, -0.25) is 0 Å². The van der Waals surface area contributed by atoms with Gasteiger partial charge in [0.2, 0.25) is 0 Å². The minimum Gasteiger partial charge on any atom is -0.494 e. The molecule has 1 aliphatic heterocycles. The van der Waals surface area contributed by atoms with Crippen LogP contribution < -0.4 is 4.74 Å². The lowest BCUT2D eigenvalue weighted by Crippen LogP contribution is -2.41. The summed E-state index contributed by atoms with van der Waals surface area (Å²) in [5.74, 6) is 1.28. The van der Waals surface area contributed by atoms with E-state index >= 15 is 0 Å². The third-order valence-electron chi connectivity index (χ3n) is 5.80. The Morgan fingerprint density at radius 3 is 2.21 bits per heavy atom. The Kier molecular flexibility index (Phi) is 7.14. The van der Waals surface area contributed by atoms with Crippen molar-refractivity contribution < 1.29 is 9.84 Å².